The first-order valence-electron chi connectivity index (χ1n) is 4.49. The lowest BCUT2D eigenvalue weighted by Gasteiger charge is -2.03. The Labute approximate surface area is 92.5 Å². The van der Waals surface area contributed by atoms with Gasteiger partial charge >= 0.3 is 5.97 Å². The summed E-state index contributed by atoms with van der Waals surface area (Å²) in [6, 6.07) is 0. The normalized spacial score (nSPS) is 11.6. The molecule has 1 heterocycles. The highest BCUT2D eigenvalue weighted by molar-refractivity contribution is 7.89. The van der Waals surface area contributed by atoms with E-state index in [-0.39, 0.29) is 29.3 Å². The lowest BCUT2D eigenvalue weighted by atomic mass is 10.4. The van der Waals surface area contributed by atoms with Crippen LogP contribution in [-0.4, -0.2) is 31.2 Å². The monoisotopic (exact) mass is 248 g/mol. The minimum atomic E-state index is -3.74. The highest BCUT2D eigenvalue weighted by Crippen LogP contribution is 2.18. The van der Waals surface area contributed by atoms with E-state index in [0.29, 0.717) is 0 Å². The number of aryl methyl sites for hydroxylation is 2. The number of hydrogen-bond donors (Lipinski definition) is 2. The van der Waals surface area contributed by atoms with Crippen molar-refractivity contribution in [3.63, 3.8) is 0 Å². The third-order valence-electron chi connectivity index (χ3n) is 1.87. The number of nitrogens with zero attached hydrogens (tertiary/aromatic N) is 1. The summed E-state index contributed by atoms with van der Waals surface area (Å²) in [6.45, 7) is 2.82. The average Bonchev–Trinajstić information content (AvgIpc) is 2.45. The van der Waals surface area contributed by atoms with Crippen LogP contribution in [0.5, 0.6) is 0 Å². The van der Waals surface area contributed by atoms with Crippen LogP contribution in [0.1, 0.15) is 17.9 Å². The first-order chi connectivity index (χ1) is 7.34. The van der Waals surface area contributed by atoms with Crippen molar-refractivity contribution in [2.24, 2.45) is 0 Å². The predicted molar refractivity (Wildman–Crippen MR) is 53.4 cm³/mol. The van der Waals surface area contributed by atoms with Crippen molar-refractivity contribution in [3.05, 3.63) is 11.5 Å². The van der Waals surface area contributed by atoms with Crippen LogP contribution >= 0.6 is 0 Å². The van der Waals surface area contributed by atoms with E-state index in [9.17, 15) is 13.2 Å². The molecule has 0 saturated heterocycles. The Bertz CT molecular complexity index is 471. The first kappa shape index (κ1) is 12.7. The fourth-order valence-corrected chi connectivity index (χ4v) is 2.58. The van der Waals surface area contributed by atoms with Gasteiger partial charge in [-0.05, 0) is 13.8 Å². The summed E-state index contributed by atoms with van der Waals surface area (Å²) in [5.74, 6) is -0.887. The summed E-state index contributed by atoms with van der Waals surface area (Å²) in [4.78, 5) is 10.2. The first-order valence-corrected chi connectivity index (χ1v) is 5.97. The molecule has 0 aliphatic carbocycles. The molecule has 0 unspecified atom stereocenters. The molecular weight excluding hydrogens is 236 g/mol. The van der Waals surface area contributed by atoms with Gasteiger partial charge in [0.15, 0.2) is 5.76 Å². The minimum Gasteiger partial charge on any atom is -0.481 e. The van der Waals surface area contributed by atoms with E-state index in [1.807, 2.05) is 0 Å². The number of rotatable bonds is 5. The number of carboxylic acids is 1. The zero-order valence-corrected chi connectivity index (χ0v) is 9.67. The number of carbonyl (C=O) groups is 1. The zero-order valence-electron chi connectivity index (χ0n) is 8.85. The maximum Gasteiger partial charge on any atom is 0.304 e. The van der Waals surface area contributed by atoms with Crippen molar-refractivity contribution in [1.82, 2.24) is 9.88 Å². The third kappa shape index (κ3) is 2.80. The molecule has 0 aromatic carbocycles. The molecule has 8 heteroatoms. The van der Waals surface area contributed by atoms with Gasteiger partial charge in [-0.3, -0.25) is 4.79 Å². The Morgan fingerprint density at radius 1 is 1.50 bits per heavy atom. The standard InChI is InChI=1S/C8H12N2O5S/c1-5-8(6(2)15-10-5)16(13,14)9-4-3-7(11)12/h9H,3-4H2,1-2H3,(H,11,12). The second-order valence-electron chi connectivity index (χ2n) is 3.19. The number of carboxylic acid groups (broad SMARTS) is 1. The second-order valence-corrected chi connectivity index (χ2v) is 4.90. The van der Waals surface area contributed by atoms with Crippen molar-refractivity contribution in [3.8, 4) is 0 Å². The van der Waals surface area contributed by atoms with Gasteiger partial charge in [-0.25, -0.2) is 13.1 Å². The highest BCUT2D eigenvalue weighted by Gasteiger charge is 2.23. The number of aromatic nitrogens is 1. The molecule has 0 amide bonds. The Morgan fingerprint density at radius 3 is 2.56 bits per heavy atom. The topological polar surface area (TPSA) is 110 Å². The van der Waals surface area contributed by atoms with Crippen LogP contribution in [-0.2, 0) is 14.8 Å². The van der Waals surface area contributed by atoms with Crippen molar-refractivity contribution >= 4 is 16.0 Å². The molecule has 2 N–H and O–H groups in total. The lowest BCUT2D eigenvalue weighted by molar-refractivity contribution is -0.136. The summed E-state index contributed by atoms with van der Waals surface area (Å²) in [5, 5.41) is 11.9. The van der Waals surface area contributed by atoms with Crippen LogP contribution in [0.25, 0.3) is 0 Å². The van der Waals surface area contributed by atoms with Crippen molar-refractivity contribution in [2.75, 3.05) is 6.54 Å². The minimum absolute atomic E-state index is 0.0297. The number of nitrogens with one attached hydrogen (secondary N) is 1. The van der Waals surface area contributed by atoms with Crippen LogP contribution in [0.3, 0.4) is 0 Å². The largest absolute Gasteiger partial charge is 0.481 e. The molecule has 0 saturated carbocycles. The fraction of sp³-hybridized carbons (Fsp3) is 0.500. The van der Waals surface area contributed by atoms with E-state index in [2.05, 4.69) is 9.88 Å². The molecule has 0 radical (unpaired) electrons. The van der Waals surface area contributed by atoms with Crippen LogP contribution < -0.4 is 4.72 Å². The average molecular weight is 248 g/mol. The summed E-state index contributed by atoms with van der Waals surface area (Å²) < 4.78 is 30.3. The summed E-state index contributed by atoms with van der Waals surface area (Å²) >= 11 is 0. The third-order valence-corrected chi connectivity index (χ3v) is 3.57. The summed E-state index contributed by atoms with van der Waals surface area (Å²) in [5.41, 5.74) is 0.250. The Hall–Kier alpha value is -1.41. The number of sulfonamides is 1. The molecule has 1 aromatic rings. The Morgan fingerprint density at radius 2 is 2.12 bits per heavy atom. The Balaban J connectivity index is 2.83. The maximum atomic E-state index is 11.7. The molecule has 0 fully saturated rings. The highest BCUT2D eigenvalue weighted by atomic mass is 32.2. The summed E-state index contributed by atoms with van der Waals surface area (Å²) in [7, 11) is -3.74. The quantitative estimate of drug-likeness (QED) is 0.761. The van der Waals surface area contributed by atoms with Crippen LogP contribution in [0.2, 0.25) is 0 Å². The molecule has 16 heavy (non-hydrogen) atoms. The number of hydrogen-bond acceptors (Lipinski definition) is 5. The summed E-state index contributed by atoms with van der Waals surface area (Å²) in [6.07, 6.45) is -0.275. The van der Waals surface area contributed by atoms with E-state index >= 15 is 0 Å². The van der Waals surface area contributed by atoms with Crippen molar-refractivity contribution in [2.45, 2.75) is 25.2 Å². The van der Waals surface area contributed by atoms with Gasteiger partial charge in [-0.1, -0.05) is 5.16 Å². The molecular formula is C8H12N2O5S. The van der Waals surface area contributed by atoms with Crippen LogP contribution in [0.15, 0.2) is 9.42 Å². The molecule has 7 nitrogen and oxygen atoms in total. The van der Waals surface area contributed by atoms with Crippen molar-refractivity contribution < 1.29 is 22.8 Å². The van der Waals surface area contributed by atoms with E-state index in [1.165, 1.54) is 13.8 Å². The SMILES string of the molecule is Cc1noc(C)c1S(=O)(=O)NCCC(=O)O. The number of aliphatic carboxylic acids is 1. The maximum absolute atomic E-state index is 11.7. The van der Waals surface area contributed by atoms with Gasteiger partial charge in [0.25, 0.3) is 0 Å². The smallest absolute Gasteiger partial charge is 0.304 e. The van der Waals surface area contributed by atoms with Crippen LogP contribution in [0, 0.1) is 13.8 Å². The Kier molecular flexibility index (Phi) is 3.66. The molecule has 0 spiro atoms. The zero-order chi connectivity index (χ0) is 12.3. The van der Waals surface area contributed by atoms with Gasteiger partial charge in [0.05, 0.1) is 6.42 Å². The molecule has 0 aliphatic heterocycles. The van der Waals surface area contributed by atoms with Gasteiger partial charge in [0.2, 0.25) is 10.0 Å². The van der Waals surface area contributed by atoms with E-state index < -0.39 is 16.0 Å². The van der Waals surface area contributed by atoms with Gasteiger partial charge in [-0.15, -0.1) is 0 Å². The molecule has 1 aromatic heterocycles. The van der Waals surface area contributed by atoms with Crippen molar-refractivity contribution in [1.29, 1.82) is 0 Å². The van der Waals surface area contributed by atoms with Gasteiger partial charge in [0.1, 0.15) is 10.6 Å². The molecule has 0 aliphatic rings. The van der Waals surface area contributed by atoms with E-state index in [4.69, 9.17) is 9.63 Å². The fourth-order valence-electron chi connectivity index (χ4n) is 1.22. The van der Waals surface area contributed by atoms with Gasteiger partial charge in [-0.2, -0.15) is 0 Å². The van der Waals surface area contributed by atoms with E-state index in [0.717, 1.165) is 0 Å². The second kappa shape index (κ2) is 4.62. The van der Waals surface area contributed by atoms with Gasteiger partial charge in [0, 0.05) is 6.54 Å². The predicted octanol–water partition coefficient (Wildman–Crippen LogP) is 0.0444. The molecule has 0 bridgehead atoms. The van der Waals surface area contributed by atoms with E-state index in [1.54, 1.807) is 0 Å². The molecule has 90 valence electrons. The van der Waals surface area contributed by atoms with Gasteiger partial charge < -0.3 is 9.63 Å². The molecule has 1 rings (SSSR count). The van der Waals surface area contributed by atoms with Crippen LogP contribution in [0.4, 0.5) is 0 Å². The lowest BCUT2D eigenvalue weighted by Crippen LogP contribution is -2.27. The molecule has 0 atom stereocenters.